The first-order valence-electron chi connectivity index (χ1n) is 8.30. The highest BCUT2D eigenvalue weighted by Gasteiger charge is 2.16. The van der Waals surface area contributed by atoms with Crippen molar-refractivity contribution in [2.24, 2.45) is 5.73 Å². The molecule has 0 saturated carbocycles. The Balaban J connectivity index is 1.95. The lowest BCUT2D eigenvalue weighted by Gasteiger charge is -2.11. The first kappa shape index (κ1) is 18.0. The average Bonchev–Trinajstić information content (AvgIpc) is 3.04. The zero-order valence-corrected chi connectivity index (χ0v) is 15.3. The van der Waals surface area contributed by atoms with E-state index in [1.54, 1.807) is 0 Å². The number of aromatic nitrogens is 3. The highest BCUT2D eigenvalue weighted by molar-refractivity contribution is 7.99. The molecular formula is C19H20N4O2S. The van der Waals surface area contributed by atoms with Crippen LogP contribution in [0, 0.1) is 0 Å². The van der Waals surface area contributed by atoms with Gasteiger partial charge in [0.15, 0.2) is 5.16 Å². The van der Waals surface area contributed by atoms with Crippen molar-refractivity contribution in [1.82, 2.24) is 14.8 Å². The number of nitrogens with zero attached hydrogens (tertiary/aromatic N) is 3. The fourth-order valence-electron chi connectivity index (χ4n) is 2.54. The van der Waals surface area contributed by atoms with Gasteiger partial charge < -0.3 is 10.5 Å². The van der Waals surface area contributed by atoms with E-state index in [0.717, 1.165) is 22.8 Å². The number of carbonyl (C=O) groups is 1. The van der Waals surface area contributed by atoms with E-state index in [4.69, 9.17) is 10.5 Å². The van der Waals surface area contributed by atoms with Crippen LogP contribution >= 0.6 is 11.8 Å². The van der Waals surface area contributed by atoms with Gasteiger partial charge in [0.1, 0.15) is 11.6 Å². The summed E-state index contributed by atoms with van der Waals surface area (Å²) in [6.07, 6.45) is 0.637. The van der Waals surface area contributed by atoms with Crippen LogP contribution in [-0.4, -0.2) is 33.0 Å². The zero-order valence-electron chi connectivity index (χ0n) is 14.5. The highest BCUT2D eigenvalue weighted by Crippen LogP contribution is 2.25. The van der Waals surface area contributed by atoms with Crippen LogP contribution < -0.4 is 10.5 Å². The molecule has 0 radical (unpaired) electrons. The molecule has 134 valence electrons. The van der Waals surface area contributed by atoms with Gasteiger partial charge in [-0.25, -0.2) is 0 Å². The number of nitrogens with two attached hydrogens (primary N) is 1. The lowest BCUT2D eigenvalue weighted by atomic mass is 10.1. The van der Waals surface area contributed by atoms with Crippen LogP contribution in [0.5, 0.6) is 5.75 Å². The monoisotopic (exact) mass is 368 g/mol. The lowest BCUT2D eigenvalue weighted by Crippen LogP contribution is -2.14. The molecule has 7 heteroatoms. The van der Waals surface area contributed by atoms with E-state index in [1.807, 2.05) is 66.1 Å². The van der Waals surface area contributed by atoms with E-state index in [2.05, 4.69) is 10.2 Å². The summed E-state index contributed by atoms with van der Waals surface area (Å²) in [4.78, 5) is 11.2. The molecule has 6 nitrogen and oxygen atoms in total. The molecule has 0 bridgehead atoms. The van der Waals surface area contributed by atoms with Gasteiger partial charge in [0.05, 0.1) is 12.4 Å². The molecule has 0 unspecified atom stereocenters. The van der Waals surface area contributed by atoms with Crippen molar-refractivity contribution in [2.75, 3.05) is 12.4 Å². The highest BCUT2D eigenvalue weighted by atomic mass is 32.2. The molecule has 0 spiro atoms. The van der Waals surface area contributed by atoms with Gasteiger partial charge in [0, 0.05) is 12.1 Å². The van der Waals surface area contributed by atoms with Gasteiger partial charge in [-0.05, 0) is 36.8 Å². The number of ether oxygens (including phenoxy) is 1. The van der Waals surface area contributed by atoms with E-state index in [1.165, 1.54) is 11.8 Å². The largest absolute Gasteiger partial charge is 0.494 e. The van der Waals surface area contributed by atoms with Crippen LogP contribution in [-0.2, 0) is 11.2 Å². The van der Waals surface area contributed by atoms with Gasteiger partial charge in [-0.1, -0.05) is 42.1 Å². The van der Waals surface area contributed by atoms with Crippen molar-refractivity contribution < 1.29 is 9.53 Å². The number of primary amides is 1. The Hall–Kier alpha value is -2.80. The molecule has 0 aliphatic heterocycles. The minimum absolute atomic E-state index is 0.153. The molecule has 1 heterocycles. The van der Waals surface area contributed by atoms with Gasteiger partial charge in [0.2, 0.25) is 5.91 Å². The molecule has 1 amide bonds. The van der Waals surface area contributed by atoms with Crippen molar-refractivity contribution in [2.45, 2.75) is 18.5 Å². The third kappa shape index (κ3) is 4.43. The Morgan fingerprint density at radius 3 is 2.50 bits per heavy atom. The summed E-state index contributed by atoms with van der Waals surface area (Å²) in [5, 5.41) is 9.23. The first-order chi connectivity index (χ1) is 12.7. The molecule has 0 atom stereocenters. The maximum absolute atomic E-state index is 11.2. The zero-order chi connectivity index (χ0) is 18.4. The van der Waals surface area contributed by atoms with Crippen LogP contribution in [0.1, 0.15) is 18.3 Å². The SMILES string of the molecule is CCOc1ccc(-n2c(Cc3ccccc3)nnc2SCC(N)=O)cc1. The van der Waals surface area contributed by atoms with E-state index in [0.29, 0.717) is 18.2 Å². The third-order valence-electron chi connectivity index (χ3n) is 3.65. The molecule has 0 fully saturated rings. The smallest absolute Gasteiger partial charge is 0.227 e. The van der Waals surface area contributed by atoms with E-state index in [-0.39, 0.29) is 11.7 Å². The molecule has 26 heavy (non-hydrogen) atoms. The summed E-state index contributed by atoms with van der Waals surface area (Å²) in [6.45, 7) is 2.56. The topological polar surface area (TPSA) is 83.0 Å². The molecule has 3 rings (SSSR count). The quantitative estimate of drug-likeness (QED) is 0.618. The number of amides is 1. The number of hydrogen-bond acceptors (Lipinski definition) is 5. The average molecular weight is 368 g/mol. The summed E-state index contributed by atoms with van der Waals surface area (Å²) in [7, 11) is 0. The normalized spacial score (nSPS) is 10.7. The van der Waals surface area contributed by atoms with Crippen LogP contribution in [0.4, 0.5) is 0 Å². The summed E-state index contributed by atoms with van der Waals surface area (Å²) in [5.41, 5.74) is 7.33. The van der Waals surface area contributed by atoms with Crippen molar-refractivity contribution in [3.8, 4) is 11.4 Å². The Morgan fingerprint density at radius 2 is 1.85 bits per heavy atom. The summed E-state index contributed by atoms with van der Waals surface area (Å²) in [5.74, 6) is 1.37. The van der Waals surface area contributed by atoms with Gasteiger partial charge >= 0.3 is 0 Å². The van der Waals surface area contributed by atoms with Crippen LogP contribution in [0.25, 0.3) is 5.69 Å². The molecule has 2 N–H and O–H groups in total. The molecule has 0 saturated heterocycles. The van der Waals surface area contributed by atoms with Crippen LogP contribution in [0.3, 0.4) is 0 Å². The van der Waals surface area contributed by atoms with E-state index < -0.39 is 0 Å². The number of carbonyl (C=O) groups excluding carboxylic acids is 1. The van der Waals surface area contributed by atoms with E-state index in [9.17, 15) is 4.79 Å². The number of thioether (sulfide) groups is 1. The van der Waals surface area contributed by atoms with Crippen molar-refractivity contribution in [3.05, 3.63) is 66.0 Å². The Kier molecular flexibility index (Phi) is 5.91. The van der Waals surface area contributed by atoms with Crippen LogP contribution in [0.2, 0.25) is 0 Å². The summed E-state index contributed by atoms with van der Waals surface area (Å²) in [6, 6.07) is 17.8. The fraction of sp³-hybridized carbons (Fsp3) is 0.211. The Bertz CT molecular complexity index is 863. The van der Waals surface area contributed by atoms with Gasteiger partial charge in [-0.2, -0.15) is 0 Å². The maximum Gasteiger partial charge on any atom is 0.227 e. The second-order valence-electron chi connectivity index (χ2n) is 5.58. The molecular weight excluding hydrogens is 348 g/mol. The molecule has 2 aromatic carbocycles. The Labute approximate surface area is 156 Å². The second-order valence-corrected chi connectivity index (χ2v) is 6.52. The van der Waals surface area contributed by atoms with Crippen molar-refractivity contribution in [3.63, 3.8) is 0 Å². The van der Waals surface area contributed by atoms with Crippen LogP contribution in [0.15, 0.2) is 59.8 Å². The molecule has 0 aliphatic rings. The van der Waals surface area contributed by atoms with Crippen molar-refractivity contribution >= 4 is 17.7 Å². The minimum Gasteiger partial charge on any atom is -0.494 e. The van der Waals surface area contributed by atoms with Gasteiger partial charge in [-0.15, -0.1) is 10.2 Å². The standard InChI is InChI=1S/C19H20N4O2S/c1-2-25-16-10-8-15(9-11-16)23-18(12-14-6-4-3-5-7-14)21-22-19(23)26-13-17(20)24/h3-11H,2,12-13H2,1H3,(H2,20,24). The summed E-state index contributed by atoms with van der Waals surface area (Å²) < 4.78 is 7.46. The first-order valence-corrected chi connectivity index (χ1v) is 9.28. The van der Waals surface area contributed by atoms with Gasteiger partial charge in [0.25, 0.3) is 0 Å². The predicted octanol–water partition coefficient (Wildman–Crippen LogP) is 2.83. The Morgan fingerprint density at radius 1 is 1.12 bits per heavy atom. The number of hydrogen-bond donors (Lipinski definition) is 1. The fourth-order valence-corrected chi connectivity index (χ4v) is 3.25. The summed E-state index contributed by atoms with van der Waals surface area (Å²) >= 11 is 1.28. The number of rotatable bonds is 8. The minimum atomic E-state index is -0.388. The molecule has 1 aromatic heterocycles. The lowest BCUT2D eigenvalue weighted by molar-refractivity contribution is -0.115. The number of benzene rings is 2. The predicted molar refractivity (Wildman–Crippen MR) is 102 cm³/mol. The van der Waals surface area contributed by atoms with Crippen molar-refractivity contribution in [1.29, 1.82) is 0 Å². The third-order valence-corrected chi connectivity index (χ3v) is 4.61. The second kappa shape index (κ2) is 8.53. The molecule has 0 aliphatic carbocycles. The van der Waals surface area contributed by atoms with E-state index >= 15 is 0 Å². The maximum atomic E-state index is 11.2. The molecule has 3 aromatic rings. The van der Waals surface area contributed by atoms with Gasteiger partial charge in [-0.3, -0.25) is 9.36 Å².